The van der Waals surface area contributed by atoms with Gasteiger partial charge in [-0.15, -0.1) is 0 Å². The zero-order valence-electron chi connectivity index (χ0n) is 6.82. The smallest absolute Gasteiger partial charge is 0.338 e. The van der Waals surface area contributed by atoms with Crippen molar-refractivity contribution >= 4 is 5.97 Å². The summed E-state index contributed by atoms with van der Waals surface area (Å²) in [6.07, 6.45) is 0. The van der Waals surface area contributed by atoms with Crippen LogP contribution in [-0.4, -0.2) is 12.6 Å². The molecule has 1 aromatic rings. The van der Waals surface area contributed by atoms with E-state index >= 15 is 0 Å². The number of hydrogen-bond donors (Lipinski definition) is 0. The maximum atomic E-state index is 11.0. The van der Waals surface area contributed by atoms with Crippen LogP contribution in [0.5, 0.6) is 0 Å². The molecule has 0 fully saturated rings. The summed E-state index contributed by atoms with van der Waals surface area (Å²) in [5.74, 6) is -0.256. The van der Waals surface area contributed by atoms with Gasteiger partial charge in [0.15, 0.2) is 0 Å². The molecule has 0 aliphatic rings. The molecular formula is C9H10CrO2. The Kier molecular flexibility index (Phi) is 5.44. The molecule has 64 valence electrons. The molecule has 1 aromatic carbocycles. The summed E-state index contributed by atoms with van der Waals surface area (Å²) in [6, 6.07) is 8.96. The van der Waals surface area contributed by atoms with Crippen molar-refractivity contribution in [2.75, 3.05) is 6.61 Å². The van der Waals surface area contributed by atoms with Gasteiger partial charge in [-0.1, -0.05) is 18.2 Å². The van der Waals surface area contributed by atoms with Gasteiger partial charge in [0.05, 0.1) is 12.2 Å². The summed E-state index contributed by atoms with van der Waals surface area (Å²) in [6.45, 7) is 2.22. The Morgan fingerprint density at radius 1 is 1.33 bits per heavy atom. The molecule has 0 unspecified atom stereocenters. The van der Waals surface area contributed by atoms with Gasteiger partial charge in [-0.3, -0.25) is 0 Å². The Morgan fingerprint density at radius 2 is 1.92 bits per heavy atom. The van der Waals surface area contributed by atoms with E-state index in [4.69, 9.17) is 4.74 Å². The number of benzene rings is 1. The van der Waals surface area contributed by atoms with Crippen molar-refractivity contribution in [3.8, 4) is 0 Å². The van der Waals surface area contributed by atoms with Crippen LogP contribution < -0.4 is 0 Å². The van der Waals surface area contributed by atoms with Crippen LogP contribution in [0.1, 0.15) is 17.3 Å². The molecule has 0 spiro atoms. The Morgan fingerprint density at radius 3 is 2.42 bits per heavy atom. The molecule has 0 atom stereocenters. The van der Waals surface area contributed by atoms with E-state index in [-0.39, 0.29) is 23.3 Å². The van der Waals surface area contributed by atoms with Crippen molar-refractivity contribution < 1.29 is 26.9 Å². The van der Waals surface area contributed by atoms with Gasteiger partial charge in [-0.25, -0.2) is 4.79 Å². The SMILES string of the molecule is CCOC(=O)c1ccccc1.[Cr]. The van der Waals surface area contributed by atoms with Crippen LogP contribution in [0.2, 0.25) is 0 Å². The first-order valence-electron chi connectivity index (χ1n) is 3.56. The minimum atomic E-state index is -0.256. The summed E-state index contributed by atoms with van der Waals surface area (Å²) >= 11 is 0. The van der Waals surface area contributed by atoms with E-state index in [1.165, 1.54) is 0 Å². The second-order valence-corrected chi connectivity index (χ2v) is 2.09. The number of carbonyl (C=O) groups is 1. The van der Waals surface area contributed by atoms with Gasteiger partial charge in [0.2, 0.25) is 0 Å². The van der Waals surface area contributed by atoms with Gasteiger partial charge < -0.3 is 4.74 Å². The second kappa shape index (κ2) is 5.82. The molecule has 0 aliphatic carbocycles. The van der Waals surface area contributed by atoms with Crippen LogP contribution in [0.15, 0.2) is 30.3 Å². The molecule has 0 heterocycles. The van der Waals surface area contributed by atoms with E-state index in [0.717, 1.165) is 0 Å². The third-order valence-corrected chi connectivity index (χ3v) is 1.28. The quantitative estimate of drug-likeness (QED) is 0.684. The fourth-order valence-electron chi connectivity index (χ4n) is 0.789. The number of esters is 1. The summed E-state index contributed by atoms with van der Waals surface area (Å²) in [5.41, 5.74) is 0.606. The molecule has 0 N–H and O–H groups in total. The van der Waals surface area contributed by atoms with E-state index in [2.05, 4.69) is 0 Å². The van der Waals surface area contributed by atoms with Crippen LogP contribution in [-0.2, 0) is 22.1 Å². The fourth-order valence-corrected chi connectivity index (χ4v) is 0.789. The molecule has 0 saturated heterocycles. The molecule has 12 heavy (non-hydrogen) atoms. The predicted molar refractivity (Wildman–Crippen MR) is 42.4 cm³/mol. The van der Waals surface area contributed by atoms with Crippen molar-refractivity contribution in [3.63, 3.8) is 0 Å². The summed E-state index contributed by atoms with van der Waals surface area (Å²) in [7, 11) is 0. The number of hydrogen-bond acceptors (Lipinski definition) is 2. The molecule has 0 amide bonds. The van der Waals surface area contributed by atoms with E-state index < -0.39 is 0 Å². The molecule has 0 aliphatic heterocycles. The molecule has 0 radical (unpaired) electrons. The summed E-state index contributed by atoms with van der Waals surface area (Å²) in [5, 5.41) is 0. The van der Waals surface area contributed by atoms with Crippen molar-refractivity contribution in [3.05, 3.63) is 35.9 Å². The zero-order chi connectivity index (χ0) is 8.10. The van der Waals surface area contributed by atoms with Crippen molar-refractivity contribution in [2.45, 2.75) is 6.92 Å². The molecule has 3 heteroatoms. The first kappa shape index (κ1) is 11.2. The molecule has 1 rings (SSSR count). The van der Waals surface area contributed by atoms with Crippen molar-refractivity contribution in [1.29, 1.82) is 0 Å². The van der Waals surface area contributed by atoms with Gasteiger partial charge in [-0.05, 0) is 19.1 Å². The summed E-state index contributed by atoms with van der Waals surface area (Å²) in [4.78, 5) is 11.0. The maximum Gasteiger partial charge on any atom is 0.338 e. The molecule has 0 aromatic heterocycles. The third-order valence-electron chi connectivity index (χ3n) is 1.28. The van der Waals surface area contributed by atoms with Gasteiger partial charge in [-0.2, -0.15) is 0 Å². The van der Waals surface area contributed by atoms with Gasteiger partial charge in [0, 0.05) is 17.4 Å². The fraction of sp³-hybridized carbons (Fsp3) is 0.222. The minimum Gasteiger partial charge on any atom is -0.462 e. The van der Waals surface area contributed by atoms with Gasteiger partial charge in [0.25, 0.3) is 0 Å². The number of carbonyl (C=O) groups excluding carboxylic acids is 1. The largest absolute Gasteiger partial charge is 0.462 e. The average molecular weight is 202 g/mol. The van der Waals surface area contributed by atoms with E-state index in [9.17, 15) is 4.79 Å². The minimum absolute atomic E-state index is 0. The molecule has 0 bridgehead atoms. The van der Waals surface area contributed by atoms with Gasteiger partial charge in [0.1, 0.15) is 0 Å². The number of rotatable bonds is 2. The zero-order valence-corrected chi connectivity index (χ0v) is 8.09. The van der Waals surface area contributed by atoms with Gasteiger partial charge >= 0.3 is 5.97 Å². The predicted octanol–water partition coefficient (Wildman–Crippen LogP) is 1.86. The maximum absolute atomic E-state index is 11.0. The van der Waals surface area contributed by atoms with E-state index in [1.807, 2.05) is 18.2 Å². The second-order valence-electron chi connectivity index (χ2n) is 2.09. The van der Waals surface area contributed by atoms with Crippen LogP contribution in [0.3, 0.4) is 0 Å². The van der Waals surface area contributed by atoms with Crippen LogP contribution in [0.25, 0.3) is 0 Å². The van der Waals surface area contributed by atoms with Crippen LogP contribution >= 0.6 is 0 Å². The first-order chi connectivity index (χ1) is 5.34. The Bertz CT molecular complexity index is 234. The van der Waals surface area contributed by atoms with Crippen molar-refractivity contribution in [1.82, 2.24) is 0 Å². The van der Waals surface area contributed by atoms with E-state index in [0.29, 0.717) is 12.2 Å². The molecule has 0 saturated carbocycles. The summed E-state index contributed by atoms with van der Waals surface area (Å²) < 4.78 is 4.79. The topological polar surface area (TPSA) is 26.3 Å². The third kappa shape index (κ3) is 3.08. The average Bonchev–Trinajstić information content (AvgIpc) is 2.07. The van der Waals surface area contributed by atoms with Crippen LogP contribution in [0.4, 0.5) is 0 Å². The normalized spacial score (nSPS) is 8.42. The van der Waals surface area contributed by atoms with E-state index in [1.54, 1.807) is 19.1 Å². The standard InChI is InChI=1S/C9H10O2.Cr/c1-2-11-9(10)8-6-4-3-5-7-8;/h3-7H,2H2,1H3;. The monoisotopic (exact) mass is 202 g/mol. The Labute approximate surface area is 82.7 Å². The Hall–Kier alpha value is -0.778. The first-order valence-corrected chi connectivity index (χ1v) is 3.56. The van der Waals surface area contributed by atoms with Crippen LogP contribution in [0, 0.1) is 0 Å². The number of ether oxygens (including phenoxy) is 1. The molecule has 2 nitrogen and oxygen atoms in total. The molecular weight excluding hydrogens is 192 g/mol. The van der Waals surface area contributed by atoms with Crippen molar-refractivity contribution in [2.24, 2.45) is 0 Å². The Balaban J connectivity index is 0.00000121.